The molecular formula is C13H14N4OS. The number of Topliss-reactive ketones (excluding diaryl/α,β-unsaturated/α-hetero) is 1. The molecule has 3 rings (SSSR count). The minimum Gasteiger partial charge on any atom is -0.299 e. The quantitative estimate of drug-likeness (QED) is 0.858. The zero-order chi connectivity index (χ0) is 13.2. The number of ketones is 1. The number of carbonyl (C=O) groups is 1. The third kappa shape index (κ3) is 2.40. The van der Waals surface area contributed by atoms with Crippen molar-refractivity contribution in [3.8, 4) is 5.69 Å². The predicted octanol–water partition coefficient (Wildman–Crippen LogP) is 2.12. The molecule has 1 aliphatic carbocycles. The second kappa shape index (κ2) is 5.13. The highest BCUT2D eigenvalue weighted by Gasteiger charge is 2.33. The van der Waals surface area contributed by atoms with Crippen molar-refractivity contribution in [3.63, 3.8) is 0 Å². The topological polar surface area (TPSA) is 60.7 Å². The normalized spacial score (nSPS) is 22.9. The van der Waals surface area contributed by atoms with Crippen LogP contribution in [-0.4, -0.2) is 31.2 Å². The lowest BCUT2D eigenvalue weighted by Gasteiger charge is -2.12. The molecule has 2 aromatic rings. The van der Waals surface area contributed by atoms with Gasteiger partial charge in [0.25, 0.3) is 0 Å². The molecule has 1 aromatic heterocycles. The Morgan fingerprint density at radius 2 is 2.11 bits per heavy atom. The van der Waals surface area contributed by atoms with Crippen LogP contribution in [-0.2, 0) is 4.79 Å². The van der Waals surface area contributed by atoms with Crippen LogP contribution in [0.2, 0.25) is 0 Å². The summed E-state index contributed by atoms with van der Waals surface area (Å²) in [6, 6.07) is 9.78. The van der Waals surface area contributed by atoms with Gasteiger partial charge in [-0.2, -0.15) is 4.68 Å². The molecular weight excluding hydrogens is 260 g/mol. The minimum absolute atomic E-state index is 0.0888. The third-order valence-corrected chi connectivity index (χ3v) is 4.85. The molecule has 0 radical (unpaired) electrons. The van der Waals surface area contributed by atoms with Crippen LogP contribution in [0.25, 0.3) is 5.69 Å². The number of aromatic nitrogens is 4. The summed E-state index contributed by atoms with van der Waals surface area (Å²) in [5.41, 5.74) is 0.937. The SMILES string of the molecule is CC1C(=O)CCC1Sc1nnnn1-c1ccccc1. The molecule has 6 heteroatoms. The van der Waals surface area contributed by atoms with Gasteiger partial charge in [-0.15, -0.1) is 5.10 Å². The van der Waals surface area contributed by atoms with Crippen LogP contribution in [0.15, 0.2) is 35.5 Å². The molecule has 1 fully saturated rings. The smallest absolute Gasteiger partial charge is 0.214 e. The highest BCUT2D eigenvalue weighted by molar-refractivity contribution is 7.99. The molecule has 2 unspecified atom stereocenters. The summed E-state index contributed by atoms with van der Waals surface area (Å²) in [5.74, 6) is 0.433. The van der Waals surface area contributed by atoms with E-state index in [0.29, 0.717) is 12.2 Å². The van der Waals surface area contributed by atoms with Crippen LogP contribution in [0.1, 0.15) is 19.8 Å². The van der Waals surface area contributed by atoms with Crippen molar-refractivity contribution in [2.45, 2.75) is 30.2 Å². The maximum absolute atomic E-state index is 11.6. The zero-order valence-electron chi connectivity index (χ0n) is 10.6. The molecule has 1 aliphatic rings. The number of tetrazole rings is 1. The molecule has 0 aliphatic heterocycles. The summed E-state index contributed by atoms with van der Waals surface area (Å²) >= 11 is 1.60. The van der Waals surface area contributed by atoms with Crippen molar-refractivity contribution < 1.29 is 4.79 Å². The number of nitrogens with zero attached hydrogens (tertiary/aromatic N) is 4. The minimum atomic E-state index is 0.0888. The van der Waals surface area contributed by atoms with Crippen LogP contribution in [0, 0.1) is 5.92 Å². The molecule has 1 saturated carbocycles. The molecule has 0 N–H and O–H groups in total. The molecule has 0 bridgehead atoms. The fourth-order valence-electron chi connectivity index (χ4n) is 2.25. The summed E-state index contributed by atoms with van der Waals surface area (Å²) in [5, 5.41) is 12.9. The Kier molecular flexibility index (Phi) is 3.33. The Hall–Kier alpha value is -1.69. The second-order valence-corrected chi connectivity index (χ2v) is 5.87. The first kappa shape index (κ1) is 12.3. The number of hydrogen-bond acceptors (Lipinski definition) is 5. The fourth-order valence-corrected chi connectivity index (χ4v) is 3.44. The van der Waals surface area contributed by atoms with Gasteiger partial charge < -0.3 is 0 Å². The Morgan fingerprint density at radius 1 is 1.32 bits per heavy atom. The molecule has 0 amide bonds. The van der Waals surface area contributed by atoms with E-state index in [2.05, 4.69) is 15.5 Å². The summed E-state index contributed by atoms with van der Waals surface area (Å²) in [6.07, 6.45) is 1.58. The Bertz CT molecular complexity index is 583. The average molecular weight is 274 g/mol. The van der Waals surface area contributed by atoms with Gasteiger partial charge in [0, 0.05) is 17.6 Å². The Balaban J connectivity index is 1.84. The number of para-hydroxylation sites is 1. The second-order valence-electron chi connectivity index (χ2n) is 4.66. The van der Waals surface area contributed by atoms with Gasteiger partial charge in [0.15, 0.2) is 0 Å². The first-order chi connectivity index (χ1) is 9.25. The lowest BCUT2D eigenvalue weighted by molar-refractivity contribution is -0.120. The standard InChI is InChI=1S/C13H14N4OS/c1-9-11(18)7-8-12(9)19-13-14-15-16-17(13)10-5-3-2-4-6-10/h2-6,9,12H,7-8H2,1H3. The molecule has 0 saturated heterocycles. The maximum Gasteiger partial charge on any atom is 0.214 e. The molecule has 5 nitrogen and oxygen atoms in total. The maximum atomic E-state index is 11.6. The van der Waals surface area contributed by atoms with E-state index in [4.69, 9.17) is 0 Å². The average Bonchev–Trinajstić information content (AvgIpc) is 3.02. The van der Waals surface area contributed by atoms with Crippen LogP contribution < -0.4 is 0 Å². The van der Waals surface area contributed by atoms with E-state index in [1.807, 2.05) is 37.3 Å². The van der Waals surface area contributed by atoms with E-state index in [9.17, 15) is 4.79 Å². The molecule has 1 aromatic carbocycles. The van der Waals surface area contributed by atoms with Crippen molar-refractivity contribution in [1.29, 1.82) is 0 Å². The number of rotatable bonds is 3. The molecule has 2 atom stereocenters. The van der Waals surface area contributed by atoms with Gasteiger partial charge in [0.2, 0.25) is 5.16 Å². The number of thioether (sulfide) groups is 1. The van der Waals surface area contributed by atoms with Crippen molar-refractivity contribution in [2.24, 2.45) is 5.92 Å². The van der Waals surface area contributed by atoms with Crippen LogP contribution in [0.3, 0.4) is 0 Å². The van der Waals surface area contributed by atoms with Crippen molar-refractivity contribution in [3.05, 3.63) is 30.3 Å². The first-order valence-electron chi connectivity index (χ1n) is 6.29. The van der Waals surface area contributed by atoms with Crippen LogP contribution in [0.4, 0.5) is 0 Å². The monoisotopic (exact) mass is 274 g/mol. The molecule has 0 spiro atoms. The van der Waals surface area contributed by atoms with Gasteiger partial charge in [-0.3, -0.25) is 4.79 Å². The van der Waals surface area contributed by atoms with Gasteiger partial charge in [-0.1, -0.05) is 36.9 Å². The van der Waals surface area contributed by atoms with Crippen molar-refractivity contribution >= 4 is 17.5 Å². The molecule has 98 valence electrons. The number of benzene rings is 1. The summed E-state index contributed by atoms with van der Waals surface area (Å²) in [4.78, 5) is 11.6. The lowest BCUT2D eigenvalue weighted by Crippen LogP contribution is -2.13. The largest absolute Gasteiger partial charge is 0.299 e. The van der Waals surface area contributed by atoms with E-state index in [0.717, 1.165) is 17.3 Å². The van der Waals surface area contributed by atoms with Gasteiger partial charge >= 0.3 is 0 Å². The van der Waals surface area contributed by atoms with E-state index in [1.54, 1.807) is 16.4 Å². The van der Waals surface area contributed by atoms with E-state index in [-0.39, 0.29) is 11.2 Å². The van der Waals surface area contributed by atoms with Gasteiger partial charge in [0.1, 0.15) is 5.78 Å². The highest BCUT2D eigenvalue weighted by Crippen LogP contribution is 2.36. The molecule has 19 heavy (non-hydrogen) atoms. The third-order valence-electron chi connectivity index (χ3n) is 3.44. The van der Waals surface area contributed by atoms with E-state index < -0.39 is 0 Å². The van der Waals surface area contributed by atoms with Crippen LogP contribution in [0.5, 0.6) is 0 Å². The molecule has 1 heterocycles. The Morgan fingerprint density at radius 3 is 2.79 bits per heavy atom. The van der Waals surface area contributed by atoms with Gasteiger partial charge in [-0.25, -0.2) is 0 Å². The van der Waals surface area contributed by atoms with Crippen LogP contribution >= 0.6 is 11.8 Å². The van der Waals surface area contributed by atoms with E-state index >= 15 is 0 Å². The fraction of sp³-hybridized carbons (Fsp3) is 0.385. The number of hydrogen-bond donors (Lipinski definition) is 0. The van der Waals surface area contributed by atoms with Gasteiger partial charge in [0.05, 0.1) is 5.69 Å². The van der Waals surface area contributed by atoms with Crippen molar-refractivity contribution in [2.75, 3.05) is 0 Å². The summed E-state index contributed by atoms with van der Waals surface area (Å²) in [7, 11) is 0. The lowest BCUT2D eigenvalue weighted by atomic mass is 10.1. The highest BCUT2D eigenvalue weighted by atomic mass is 32.2. The summed E-state index contributed by atoms with van der Waals surface area (Å²) in [6.45, 7) is 1.99. The predicted molar refractivity (Wildman–Crippen MR) is 72.2 cm³/mol. The van der Waals surface area contributed by atoms with E-state index in [1.165, 1.54) is 0 Å². The first-order valence-corrected chi connectivity index (χ1v) is 7.17. The summed E-state index contributed by atoms with van der Waals surface area (Å²) < 4.78 is 1.72. The van der Waals surface area contributed by atoms with Gasteiger partial charge in [-0.05, 0) is 29.0 Å². The van der Waals surface area contributed by atoms with Crippen molar-refractivity contribution in [1.82, 2.24) is 20.2 Å². The Labute approximate surface area is 115 Å². The number of carbonyl (C=O) groups excluding carboxylic acids is 1. The zero-order valence-corrected chi connectivity index (χ0v) is 11.4.